The smallest absolute Gasteiger partial charge is 0.209 e. The van der Waals surface area contributed by atoms with Gasteiger partial charge >= 0.3 is 0 Å². The van der Waals surface area contributed by atoms with Gasteiger partial charge in [-0.1, -0.05) is 0 Å². The summed E-state index contributed by atoms with van der Waals surface area (Å²) in [7, 11) is 0. The second kappa shape index (κ2) is 5.68. The van der Waals surface area contributed by atoms with Crippen LogP contribution < -0.4 is 5.43 Å². The standard InChI is InChI=1S/C13H4I4O3/c14-6-2-4-1-5-3-7(15)11(19)9(17)13(5)20-12(4)8(16)10(6)18/h1-3,18H. The number of benzene rings is 2. The van der Waals surface area contributed by atoms with Crippen LogP contribution in [0.15, 0.2) is 27.4 Å². The molecule has 3 rings (SSSR count). The largest absolute Gasteiger partial charge is 0.506 e. The van der Waals surface area contributed by atoms with E-state index in [0.29, 0.717) is 22.1 Å². The van der Waals surface area contributed by atoms with Gasteiger partial charge in [0.15, 0.2) is 11.3 Å². The summed E-state index contributed by atoms with van der Waals surface area (Å²) < 4.78 is 8.58. The monoisotopic (exact) mass is 716 g/mol. The molecule has 0 bridgehead atoms. The summed E-state index contributed by atoms with van der Waals surface area (Å²) >= 11 is 8.20. The molecule has 0 atom stereocenters. The first-order chi connectivity index (χ1) is 9.40. The maximum atomic E-state index is 12.0. The minimum atomic E-state index is -0.0217. The number of hydrogen-bond donors (Lipinski definition) is 1. The zero-order chi connectivity index (χ0) is 14.6. The van der Waals surface area contributed by atoms with E-state index in [1.807, 2.05) is 63.4 Å². The second-order valence-electron chi connectivity index (χ2n) is 4.11. The van der Waals surface area contributed by atoms with Crippen molar-refractivity contribution in [1.29, 1.82) is 0 Å². The van der Waals surface area contributed by atoms with E-state index in [1.54, 1.807) is 0 Å². The number of phenolic OH excluding ortho intramolecular Hbond substituents is 1. The first-order valence-electron chi connectivity index (χ1n) is 5.32. The Bertz CT molecular complexity index is 885. The number of halogens is 4. The molecule has 2 aliphatic rings. The first kappa shape index (κ1) is 15.5. The van der Waals surface area contributed by atoms with Crippen molar-refractivity contribution < 1.29 is 9.52 Å². The number of hydrogen-bond acceptors (Lipinski definition) is 3. The van der Waals surface area contributed by atoms with Crippen molar-refractivity contribution in [2.24, 2.45) is 0 Å². The van der Waals surface area contributed by atoms with Crippen LogP contribution in [-0.4, -0.2) is 5.11 Å². The fourth-order valence-electron chi connectivity index (χ4n) is 1.90. The molecule has 0 fully saturated rings. The molecule has 3 nitrogen and oxygen atoms in total. The van der Waals surface area contributed by atoms with Gasteiger partial charge in [0, 0.05) is 10.9 Å². The molecule has 102 valence electrons. The molecule has 1 aliphatic heterocycles. The molecule has 1 N–H and O–H groups in total. The summed E-state index contributed by atoms with van der Waals surface area (Å²) in [5, 5.41) is 10.9. The van der Waals surface area contributed by atoms with Gasteiger partial charge < -0.3 is 9.52 Å². The third-order valence-corrected chi connectivity index (χ3v) is 6.46. The lowest BCUT2D eigenvalue weighted by molar-refractivity contribution is 0.466. The molecule has 0 unspecified atom stereocenters. The van der Waals surface area contributed by atoms with Crippen LogP contribution >= 0.6 is 90.4 Å². The SMILES string of the molecule is O=c1c(I)cc2cc3cc(I)c(O)c(I)c3oc-2c1I. The van der Waals surface area contributed by atoms with Crippen LogP contribution in [0.1, 0.15) is 0 Å². The molecule has 0 saturated heterocycles. The normalized spacial score (nSPS) is 11.4. The van der Waals surface area contributed by atoms with Crippen molar-refractivity contribution >= 4 is 101 Å². The minimum Gasteiger partial charge on any atom is -0.506 e. The van der Waals surface area contributed by atoms with Crippen molar-refractivity contribution in [2.45, 2.75) is 0 Å². The predicted octanol–water partition coefficient (Wildman–Crippen LogP) is 5.02. The molecular formula is C13H4I4O3. The highest BCUT2D eigenvalue weighted by Crippen LogP contribution is 2.38. The molecule has 0 aromatic heterocycles. The lowest BCUT2D eigenvalue weighted by Crippen LogP contribution is -2.11. The lowest BCUT2D eigenvalue weighted by atomic mass is 10.1. The lowest BCUT2D eigenvalue weighted by Gasteiger charge is -2.11. The molecule has 20 heavy (non-hydrogen) atoms. The van der Waals surface area contributed by atoms with Gasteiger partial charge in [0.1, 0.15) is 9.32 Å². The van der Waals surface area contributed by atoms with Crippen LogP contribution in [0.3, 0.4) is 0 Å². The van der Waals surface area contributed by atoms with E-state index in [4.69, 9.17) is 4.42 Å². The van der Waals surface area contributed by atoms with Gasteiger partial charge in [-0.3, -0.25) is 4.79 Å². The van der Waals surface area contributed by atoms with E-state index in [9.17, 15) is 9.90 Å². The molecule has 1 aromatic carbocycles. The molecule has 1 heterocycles. The second-order valence-corrected chi connectivity index (χ2v) is 8.59. The Morgan fingerprint density at radius 1 is 0.950 bits per heavy atom. The molecule has 0 amide bonds. The molecule has 0 spiro atoms. The van der Waals surface area contributed by atoms with Crippen LogP contribution in [0.25, 0.3) is 22.3 Å². The summed E-state index contributed by atoms with van der Waals surface area (Å²) in [5.41, 5.74) is 1.48. The van der Waals surface area contributed by atoms with Crippen LogP contribution in [0.4, 0.5) is 0 Å². The van der Waals surface area contributed by atoms with Gasteiger partial charge in [-0.05, 0) is 109 Å². The van der Waals surface area contributed by atoms with Gasteiger partial charge in [-0.2, -0.15) is 0 Å². The van der Waals surface area contributed by atoms with E-state index in [1.165, 1.54) is 0 Å². The molecule has 0 saturated carbocycles. The fraction of sp³-hybridized carbons (Fsp3) is 0. The molecule has 0 radical (unpaired) electrons. The number of aromatic hydroxyl groups is 1. The molecular weight excluding hydrogens is 712 g/mol. The summed E-state index contributed by atoms with van der Waals surface area (Å²) in [6.07, 6.45) is 0. The summed E-state index contributed by atoms with van der Waals surface area (Å²) in [5.74, 6) is 0.784. The van der Waals surface area contributed by atoms with Crippen LogP contribution in [0.5, 0.6) is 5.75 Å². The Balaban J connectivity index is 2.55. The van der Waals surface area contributed by atoms with Crippen molar-refractivity contribution in [2.75, 3.05) is 0 Å². The predicted molar refractivity (Wildman–Crippen MR) is 112 cm³/mol. The summed E-state index contributed by atoms with van der Waals surface area (Å²) in [6, 6.07) is 5.69. The van der Waals surface area contributed by atoms with Gasteiger partial charge in [-0.15, -0.1) is 0 Å². The minimum absolute atomic E-state index is 0.0217. The third kappa shape index (κ3) is 2.45. The Morgan fingerprint density at radius 2 is 1.65 bits per heavy atom. The van der Waals surface area contributed by atoms with Crippen LogP contribution in [0, 0.1) is 14.3 Å². The van der Waals surface area contributed by atoms with Gasteiger partial charge in [0.2, 0.25) is 5.43 Å². The summed E-state index contributed by atoms with van der Waals surface area (Å²) in [4.78, 5) is 12.0. The molecule has 7 heteroatoms. The highest BCUT2D eigenvalue weighted by Gasteiger charge is 2.19. The van der Waals surface area contributed by atoms with Crippen molar-refractivity contribution in [3.63, 3.8) is 0 Å². The van der Waals surface area contributed by atoms with Crippen molar-refractivity contribution in [1.82, 2.24) is 0 Å². The number of rotatable bonds is 0. The van der Waals surface area contributed by atoms with E-state index in [-0.39, 0.29) is 11.2 Å². The molecule has 1 aliphatic carbocycles. The van der Waals surface area contributed by atoms with E-state index in [0.717, 1.165) is 14.5 Å². The average molecular weight is 716 g/mol. The Hall–Kier alpha value is 0.630. The fourth-order valence-corrected chi connectivity index (χ4v) is 5.57. The molecule has 1 aromatic rings. The maximum Gasteiger partial charge on any atom is 0.209 e. The van der Waals surface area contributed by atoms with E-state index >= 15 is 0 Å². The topological polar surface area (TPSA) is 50.4 Å². The number of phenols is 1. The Morgan fingerprint density at radius 3 is 2.35 bits per heavy atom. The quantitative estimate of drug-likeness (QED) is 0.263. The van der Waals surface area contributed by atoms with Crippen LogP contribution in [0.2, 0.25) is 0 Å². The Kier molecular flexibility index (Phi) is 4.41. The first-order valence-corrected chi connectivity index (χ1v) is 9.64. The average Bonchev–Trinajstić information content (AvgIpc) is 2.41. The van der Waals surface area contributed by atoms with Gasteiger partial charge in [0.05, 0.1) is 10.7 Å². The summed E-state index contributed by atoms with van der Waals surface area (Å²) in [6.45, 7) is 0. The Labute approximate surface area is 168 Å². The zero-order valence-electron chi connectivity index (χ0n) is 9.51. The number of fused-ring (bicyclic) bond motifs is 2. The van der Waals surface area contributed by atoms with Gasteiger partial charge in [0.25, 0.3) is 0 Å². The van der Waals surface area contributed by atoms with E-state index in [2.05, 4.69) is 45.2 Å². The van der Waals surface area contributed by atoms with Crippen molar-refractivity contribution in [3.05, 3.63) is 42.7 Å². The highest BCUT2D eigenvalue weighted by atomic mass is 127. The van der Waals surface area contributed by atoms with Crippen molar-refractivity contribution in [3.8, 4) is 17.1 Å². The van der Waals surface area contributed by atoms with Crippen LogP contribution in [-0.2, 0) is 0 Å². The third-order valence-electron chi connectivity index (χ3n) is 2.85. The van der Waals surface area contributed by atoms with Gasteiger partial charge in [-0.25, -0.2) is 0 Å². The zero-order valence-corrected chi connectivity index (χ0v) is 18.1. The maximum absolute atomic E-state index is 12.0. The highest BCUT2D eigenvalue weighted by molar-refractivity contribution is 14.1. The van der Waals surface area contributed by atoms with E-state index < -0.39 is 0 Å².